The van der Waals surface area contributed by atoms with Gasteiger partial charge in [-0.2, -0.15) is 0 Å². The fraction of sp³-hybridized carbons (Fsp3) is 1.00. The molecular weight excluding hydrogens is 340 g/mol. The molecule has 4 heteroatoms. The van der Waals surface area contributed by atoms with E-state index in [1.54, 1.807) is 0 Å². The molecule has 164 valence electrons. The van der Waals surface area contributed by atoms with Crippen molar-refractivity contribution in [2.75, 3.05) is 26.4 Å². The molecule has 0 aromatic heterocycles. The summed E-state index contributed by atoms with van der Waals surface area (Å²) in [4.78, 5) is 0. The van der Waals surface area contributed by atoms with Gasteiger partial charge in [0.15, 0.2) is 0 Å². The first-order chi connectivity index (χ1) is 13.1. The first kappa shape index (κ1) is 26.8. The predicted molar refractivity (Wildman–Crippen MR) is 114 cm³/mol. The van der Waals surface area contributed by atoms with Crippen molar-refractivity contribution in [1.29, 1.82) is 0 Å². The number of rotatable bonds is 20. The summed E-state index contributed by atoms with van der Waals surface area (Å²) in [6.07, 6.45) is 15.0. The smallest absolute Gasteiger partial charge is 0.0697 e. The van der Waals surface area contributed by atoms with Crippen LogP contribution in [0.4, 0.5) is 0 Å². The molecule has 0 fully saturated rings. The quantitative estimate of drug-likeness (QED) is 0.254. The molecular formula is C23H48O4. The van der Waals surface area contributed by atoms with Crippen LogP contribution in [0.15, 0.2) is 0 Å². The summed E-state index contributed by atoms with van der Waals surface area (Å²) >= 11 is 0. The van der Waals surface area contributed by atoms with Gasteiger partial charge in [0.25, 0.3) is 0 Å². The Morgan fingerprint density at radius 1 is 0.667 bits per heavy atom. The number of hydrogen-bond donors (Lipinski definition) is 3. The van der Waals surface area contributed by atoms with E-state index in [-0.39, 0.29) is 25.9 Å². The Labute approximate surface area is 168 Å². The SMILES string of the molecule is CCCCCCCCC(OCCCCCCCC(C)C)C(CO)(CO)CO. The molecule has 0 aliphatic rings. The number of unbranched alkanes of at least 4 members (excludes halogenated alkanes) is 9. The van der Waals surface area contributed by atoms with E-state index in [1.165, 1.54) is 51.4 Å². The number of aliphatic hydroxyl groups is 3. The third kappa shape index (κ3) is 12.8. The highest BCUT2D eigenvalue weighted by molar-refractivity contribution is 4.86. The molecule has 3 N–H and O–H groups in total. The average molecular weight is 389 g/mol. The molecule has 0 radical (unpaired) electrons. The third-order valence-corrected chi connectivity index (χ3v) is 5.69. The van der Waals surface area contributed by atoms with Gasteiger partial charge in [-0.1, -0.05) is 91.4 Å². The van der Waals surface area contributed by atoms with Crippen LogP contribution < -0.4 is 0 Å². The van der Waals surface area contributed by atoms with Crippen molar-refractivity contribution in [3.8, 4) is 0 Å². The van der Waals surface area contributed by atoms with Crippen molar-refractivity contribution in [3.63, 3.8) is 0 Å². The van der Waals surface area contributed by atoms with E-state index in [9.17, 15) is 15.3 Å². The van der Waals surface area contributed by atoms with E-state index in [0.29, 0.717) is 6.61 Å². The summed E-state index contributed by atoms with van der Waals surface area (Å²) in [5, 5.41) is 29.3. The van der Waals surface area contributed by atoms with E-state index in [0.717, 1.165) is 38.0 Å². The lowest BCUT2D eigenvalue weighted by atomic mass is 9.81. The summed E-state index contributed by atoms with van der Waals surface area (Å²) in [5.74, 6) is 0.791. The molecule has 0 spiro atoms. The third-order valence-electron chi connectivity index (χ3n) is 5.69. The first-order valence-corrected chi connectivity index (χ1v) is 11.5. The Bertz CT molecular complexity index is 294. The monoisotopic (exact) mass is 388 g/mol. The molecule has 0 amide bonds. The highest BCUT2D eigenvalue weighted by Gasteiger charge is 2.38. The Hall–Kier alpha value is -0.160. The highest BCUT2D eigenvalue weighted by atomic mass is 16.5. The molecule has 27 heavy (non-hydrogen) atoms. The average Bonchev–Trinajstić information content (AvgIpc) is 2.67. The van der Waals surface area contributed by atoms with Gasteiger partial charge in [-0.25, -0.2) is 0 Å². The van der Waals surface area contributed by atoms with Crippen LogP contribution in [-0.2, 0) is 4.74 Å². The first-order valence-electron chi connectivity index (χ1n) is 11.5. The molecule has 0 saturated heterocycles. The Morgan fingerprint density at radius 2 is 1.15 bits per heavy atom. The second-order valence-electron chi connectivity index (χ2n) is 8.70. The minimum absolute atomic E-state index is 0.240. The fourth-order valence-corrected chi connectivity index (χ4v) is 3.54. The van der Waals surface area contributed by atoms with Crippen LogP contribution in [0.1, 0.15) is 104 Å². The zero-order chi connectivity index (χ0) is 20.4. The van der Waals surface area contributed by atoms with E-state index in [2.05, 4.69) is 20.8 Å². The summed E-state index contributed by atoms with van der Waals surface area (Å²) in [6, 6.07) is 0. The molecule has 0 aliphatic heterocycles. The maximum absolute atomic E-state index is 9.76. The van der Waals surface area contributed by atoms with Gasteiger partial charge in [-0.05, 0) is 18.8 Å². The van der Waals surface area contributed by atoms with Gasteiger partial charge < -0.3 is 20.1 Å². The van der Waals surface area contributed by atoms with Gasteiger partial charge in [0.2, 0.25) is 0 Å². The summed E-state index contributed by atoms with van der Waals surface area (Å²) in [5.41, 5.74) is -0.930. The van der Waals surface area contributed by atoms with Gasteiger partial charge in [-0.3, -0.25) is 0 Å². The minimum Gasteiger partial charge on any atom is -0.396 e. The van der Waals surface area contributed by atoms with Gasteiger partial charge in [-0.15, -0.1) is 0 Å². The van der Waals surface area contributed by atoms with E-state index in [1.807, 2.05) is 0 Å². The van der Waals surface area contributed by atoms with Crippen molar-refractivity contribution in [2.45, 2.75) is 110 Å². The largest absolute Gasteiger partial charge is 0.396 e. The van der Waals surface area contributed by atoms with Crippen LogP contribution in [0.3, 0.4) is 0 Å². The summed E-state index contributed by atoms with van der Waals surface area (Å²) in [7, 11) is 0. The molecule has 0 aromatic rings. The Balaban J connectivity index is 4.19. The van der Waals surface area contributed by atoms with E-state index in [4.69, 9.17) is 4.74 Å². The van der Waals surface area contributed by atoms with Crippen LogP contribution >= 0.6 is 0 Å². The van der Waals surface area contributed by atoms with E-state index < -0.39 is 5.41 Å². The van der Waals surface area contributed by atoms with Crippen LogP contribution in [0.2, 0.25) is 0 Å². The van der Waals surface area contributed by atoms with Crippen molar-refractivity contribution in [2.24, 2.45) is 11.3 Å². The number of ether oxygens (including phenoxy) is 1. The van der Waals surface area contributed by atoms with Crippen LogP contribution in [0.25, 0.3) is 0 Å². The molecule has 0 saturated carbocycles. The van der Waals surface area contributed by atoms with Gasteiger partial charge in [0.05, 0.1) is 31.3 Å². The zero-order valence-corrected chi connectivity index (χ0v) is 18.4. The van der Waals surface area contributed by atoms with Crippen LogP contribution in [-0.4, -0.2) is 47.9 Å². The van der Waals surface area contributed by atoms with Gasteiger partial charge >= 0.3 is 0 Å². The number of hydrogen-bond acceptors (Lipinski definition) is 4. The number of aliphatic hydroxyl groups excluding tert-OH is 3. The normalized spacial score (nSPS) is 13.4. The molecule has 0 aromatic carbocycles. The molecule has 0 rings (SSSR count). The molecule has 0 aliphatic carbocycles. The molecule has 1 unspecified atom stereocenters. The molecule has 0 heterocycles. The lowest BCUT2D eigenvalue weighted by Gasteiger charge is -2.36. The minimum atomic E-state index is -0.930. The lowest BCUT2D eigenvalue weighted by molar-refractivity contribution is -0.117. The molecule has 4 nitrogen and oxygen atoms in total. The van der Waals surface area contributed by atoms with E-state index >= 15 is 0 Å². The Morgan fingerprint density at radius 3 is 1.67 bits per heavy atom. The topological polar surface area (TPSA) is 69.9 Å². The van der Waals surface area contributed by atoms with Gasteiger partial charge in [0, 0.05) is 6.61 Å². The van der Waals surface area contributed by atoms with Crippen molar-refractivity contribution in [3.05, 3.63) is 0 Å². The van der Waals surface area contributed by atoms with Crippen LogP contribution in [0.5, 0.6) is 0 Å². The standard InChI is InChI=1S/C23H48O4/c1-4-5-6-7-10-13-16-22(23(18-24,19-25)20-26)27-17-14-11-8-9-12-15-21(2)3/h21-22,24-26H,4-20H2,1-3H3. The second-order valence-corrected chi connectivity index (χ2v) is 8.70. The Kier molecular flexibility index (Phi) is 17.8. The fourth-order valence-electron chi connectivity index (χ4n) is 3.54. The van der Waals surface area contributed by atoms with Crippen LogP contribution in [0, 0.1) is 11.3 Å². The zero-order valence-electron chi connectivity index (χ0n) is 18.4. The summed E-state index contributed by atoms with van der Waals surface area (Å²) < 4.78 is 6.07. The highest BCUT2D eigenvalue weighted by Crippen LogP contribution is 2.28. The maximum atomic E-state index is 9.76. The van der Waals surface area contributed by atoms with Gasteiger partial charge in [0.1, 0.15) is 0 Å². The van der Waals surface area contributed by atoms with Crippen molar-refractivity contribution >= 4 is 0 Å². The molecule has 1 atom stereocenters. The van der Waals surface area contributed by atoms with Crippen molar-refractivity contribution in [1.82, 2.24) is 0 Å². The summed E-state index contributed by atoms with van der Waals surface area (Å²) in [6.45, 7) is 6.68. The maximum Gasteiger partial charge on any atom is 0.0697 e. The molecule has 0 bridgehead atoms. The lowest BCUT2D eigenvalue weighted by Crippen LogP contribution is -2.46. The van der Waals surface area contributed by atoms with Crippen molar-refractivity contribution < 1.29 is 20.1 Å². The predicted octanol–water partition coefficient (Wildman–Crippen LogP) is 5.08. The second kappa shape index (κ2) is 17.9.